The predicted molar refractivity (Wildman–Crippen MR) is 79.8 cm³/mol. The zero-order valence-corrected chi connectivity index (χ0v) is 12.1. The van der Waals surface area contributed by atoms with Gasteiger partial charge in [0.05, 0.1) is 15.6 Å². The van der Waals surface area contributed by atoms with Crippen LogP contribution in [0, 0.1) is 10.1 Å². The van der Waals surface area contributed by atoms with Crippen LogP contribution in [-0.4, -0.2) is 13.3 Å². The number of nitrogens with one attached hydrogen (secondary N) is 1. The molecule has 3 N–H and O–H groups in total. The zero-order chi connectivity index (χ0) is 15.6. The first-order chi connectivity index (χ1) is 9.81. The first kappa shape index (κ1) is 15.1. The summed E-state index contributed by atoms with van der Waals surface area (Å²) < 4.78 is 26.7. The number of benzene rings is 2. The minimum Gasteiger partial charge on any atom is -0.399 e. The Morgan fingerprint density at radius 2 is 1.86 bits per heavy atom. The molecule has 0 fully saturated rings. The fourth-order valence-electron chi connectivity index (χ4n) is 1.66. The van der Waals surface area contributed by atoms with E-state index in [0.29, 0.717) is 5.69 Å². The van der Waals surface area contributed by atoms with Gasteiger partial charge in [-0.2, -0.15) is 0 Å². The maximum Gasteiger partial charge on any atom is 0.289 e. The summed E-state index contributed by atoms with van der Waals surface area (Å²) in [4.78, 5) is 9.69. The zero-order valence-electron chi connectivity index (χ0n) is 10.5. The molecule has 21 heavy (non-hydrogen) atoms. The van der Waals surface area contributed by atoms with Crippen molar-refractivity contribution in [1.29, 1.82) is 0 Å². The molecule has 7 nitrogen and oxygen atoms in total. The van der Waals surface area contributed by atoms with Gasteiger partial charge in [0.2, 0.25) is 0 Å². The van der Waals surface area contributed by atoms with E-state index < -0.39 is 25.5 Å². The third kappa shape index (κ3) is 3.23. The van der Waals surface area contributed by atoms with E-state index in [9.17, 15) is 18.5 Å². The molecule has 0 aliphatic heterocycles. The standard InChI is InChI=1S/C12H10ClN3O4S/c13-9-6-5-8(14)7-10(9)15-21(19,20)12-4-2-1-3-11(12)16(17)18/h1-7,15H,14H2. The molecule has 0 bridgehead atoms. The second-order valence-electron chi connectivity index (χ2n) is 4.07. The van der Waals surface area contributed by atoms with Gasteiger partial charge in [-0.05, 0) is 24.3 Å². The van der Waals surface area contributed by atoms with E-state index in [1.165, 1.54) is 30.3 Å². The van der Waals surface area contributed by atoms with E-state index in [-0.39, 0.29) is 10.7 Å². The van der Waals surface area contributed by atoms with Gasteiger partial charge >= 0.3 is 0 Å². The van der Waals surface area contributed by atoms with Crippen molar-refractivity contribution < 1.29 is 13.3 Å². The summed E-state index contributed by atoms with van der Waals surface area (Å²) in [5.74, 6) is 0. The average Bonchev–Trinajstić information content (AvgIpc) is 2.42. The number of halogens is 1. The van der Waals surface area contributed by atoms with Crippen molar-refractivity contribution in [2.45, 2.75) is 4.90 Å². The largest absolute Gasteiger partial charge is 0.399 e. The van der Waals surface area contributed by atoms with Crippen molar-refractivity contribution in [2.75, 3.05) is 10.5 Å². The Labute approximate surface area is 125 Å². The number of anilines is 2. The highest BCUT2D eigenvalue weighted by Crippen LogP contribution is 2.29. The summed E-state index contributed by atoms with van der Waals surface area (Å²) in [7, 11) is -4.16. The summed E-state index contributed by atoms with van der Waals surface area (Å²) in [5, 5.41) is 11.0. The molecule has 2 aromatic rings. The van der Waals surface area contributed by atoms with Gasteiger partial charge in [0.25, 0.3) is 15.7 Å². The van der Waals surface area contributed by atoms with Gasteiger partial charge in [-0.25, -0.2) is 8.42 Å². The van der Waals surface area contributed by atoms with Crippen LogP contribution in [0.4, 0.5) is 17.1 Å². The Morgan fingerprint density at radius 3 is 2.52 bits per heavy atom. The molecule has 0 radical (unpaired) electrons. The number of nitrogens with two attached hydrogens (primary N) is 1. The van der Waals surface area contributed by atoms with E-state index >= 15 is 0 Å². The van der Waals surface area contributed by atoms with E-state index in [2.05, 4.69) is 4.72 Å². The molecule has 0 heterocycles. The van der Waals surface area contributed by atoms with Gasteiger partial charge in [0.1, 0.15) is 0 Å². The van der Waals surface area contributed by atoms with Crippen molar-refractivity contribution in [3.8, 4) is 0 Å². The lowest BCUT2D eigenvalue weighted by Crippen LogP contribution is -2.15. The maximum absolute atomic E-state index is 12.3. The molecule has 0 aliphatic rings. The Hall–Kier alpha value is -2.32. The Balaban J connectivity index is 2.49. The maximum atomic E-state index is 12.3. The number of hydrogen-bond acceptors (Lipinski definition) is 5. The number of rotatable bonds is 4. The molecule has 0 spiro atoms. The highest BCUT2D eigenvalue weighted by molar-refractivity contribution is 7.92. The molecule has 110 valence electrons. The van der Waals surface area contributed by atoms with Crippen LogP contribution < -0.4 is 10.5 Å². The first-order valence-electron chi connectivity index (χ1n) is 5.62. The average molecular weight is 328 g/mol. The number of nitro groups is 1. The van der Waals surface area contributed by atoms with Crippen LogP contribution in [0.2, 0.25) is 5.02 Å². The van der Waals surface area contributed by atoms with Crippen LogP contribution in [0.3, 0.4) is 0 Å². The predicted octanol–water partition coefficient (Wildman–Crippen LogP) is 2.63. The van der Waals surface area contributed by atoms with Crippen molar-refractivity contribution in [2.24, 2.45) is 0 Å². The number of nitrogen functional groups attached to an aromatic ring is 1. The highest BCUT2D eigenvalue weighted by Gasteiger charge is 2.25. The van der Waals surface area contributed by atoms with Crippen LogP contribution in [0.1, 0.15) is 0 Å². The molecule has 0 saturated carbocycles. The summed E-state index contributed by atoms with van der Waals surface area (Å²) >= 11 is 5.88. The topological polar surface area (TPSA) is 115 Å². The normalized spacial score (nSPS) is 11.1. The Bertz CT molecular complexity index is 808. The van der Waals surface area contributed by atoms with E-state index in [1.54, 1.807) is 0 Å². The number of sulfonamides is 1. The Kier molecular flexibility index (Phi) is 4.01. The fourth-order valence-corrected chi connectivity index (χ4v) is 3.12. The van der Waals surface area contributed by atoms with Gasteiger partial charge in [0, 0.05) is 11.8 Å². The van der Waals surface area contributed by atoms with Crippen LogP contribution in [-0.2, 0) is 10.0 Å². The second-order valence-corrected chi connectivity index (χ2v) is 6.13. The molecule has 2 rings (SSSR count). The van der Waals surface area contributed by atoms with Gasteiger partial charge in [-0.1, -0.05) is 23.7 Å². The number of nitrogens with zero attached hydrogens (tertiary/aromatic N) is 1. The number of para-hydroxylation sites is 1. The van der Waals surface area contributed by atoms with E-state index in [4.69, 9.17) is 17.3 Å². The molecular formula is C12H10ClN3O4S. The molecule has 0 aromatic heterocycles. The summed E-state index contributed by atoms with van der Waals surface area (Å²) in [6, 6.07) is 9.28. The lowest BCUT2D eigenvalue weighted by Gasteiger charge is -2.10. The smallest absolute Gasteiger partial charge is 0.289 e. The number of nitro benzene ring substituents is 1. The van der Waals surface area contributed by atoms with Crippen molar-refractivity contribution >= 4 is 38.7 Å². The van der Waals surface area contributed by atoms with Crippen LogP contribution in [0.5, 0.6) is 0 Å². The Morgan fingerprint density at radius 1 is 1.19 bits per heavy atom. The minimum atomic E-state index is -4.16. The van der Waals surface area contributed by atoms with Gasteiger partial charge in [-0.15, -0.1) is 0 Å². The molecule has 0 atom stereocenters. The molecule has 9 heteroatoms. The lowest BCUT2D eigenvalue weighted by molar-refractivity contribution is -0.387. The monoisotopic (exact) mass is 327 g/mol. The molecule has 0 saturated heterocycles. The highest BCUT2D eigenvalue weighted by atomic mass is 35.5. The molecule has 0 aliphatic carbocycles. The van der Waals surface area contributed by atoms with E-state index in [1.807, 2.05) is 0 Å². The number of hydrogen-bond donors (Lipinski definition) is 2. The third-order valence-electron chi connectivity index (χ3n) is 2.59. The lowest BCUT2D eigenvalue weighted by atomic mass is 10.3. The summed E-state index contributed by atoms with van der Waals surface area (Å²) in [6.45, 7) is 0. The minimum absolute atomic E-state index is 0.0508. The van der Waals surface area contributed by atoms with Gasteiger partial charge in [0.15, 0.2) is 4.90 Å². The summed E-state index contributed by atoms with van der Waals surface area (Å²) in [6.07, 6.45) is 0. The van der Waals surface area contributed by atoms with Crippen molar-refractivity contribution in [3.05, 3.63) is 57.6 Å². The van der Waals surface area contributed by atoms with Crippen LogP contribution >= 0.6 is 11.6 Å². The first-order valence-corrected chi connectivity index (χ1v) is 7.48. The SMILES string of the molecule is Nc1ccc(Cl)c(NS(=O)(=O)c2ccccc2[N+](=O)[O-])c1. The van der Waals surface area contributed by atoms with Crippen LogP contribution in [0.25, 0.3) is 0 Å². The van der Waals surface area contributed by atoms with Crippen molar-refractivity contribution in [3.63, 3.8) is 0 Å². The summed E-state index contributed by atoms with van der Waals surface area (Å²) in [5.41, 5.74) is 5.39. The molecule has 0 amide bonds. The van der Waals surface area contributed by atoms with E-state index in [0.717, 1.165) is 12.1 Å². The van der Waals surface area contributed by atoms with Crippen molar-refractivity contribution in [1.82, 2.24) is 0 Å². The fraction of sp³-hybridized carbons (Fsp3) is 0. The van der Waals surface area contributed by atoms with Gasteiger partial charge < -0.3 is 5.73 Å². The molecule has 2 aromatic carbocycles. The second kappa shape index (κ2) is 5.58. The molecule has 0 unspecified atom stereocenters. The van der Waals surface area contributed by atoms with Crippen LogP contribution in [0.15, 0.2) is 47.4 Å². The third-order valence-corrected chi connectivity index (χ3v) is 4.33. The van der Waals surface area contributed by atoms with Gasteiger partial charge in [-0.3, -0.25) is 14.8 Å². The molecular weight excluding hydrogens is 318 g/mol. The quantitative estimate of drug-likeness (QED) is 0.508.